The molecule has 2 aromatic carbocycles. The van der Waals surface area contributed by atoms with Gasteiger partial charge in [0.1, 0.15) is 5.75 Å². The quantitative estimate of drug-likeness (QED) is 0.473. The Hall–Kier alpha value is -4.08. The summed E-state index contributed by atoms with van der Waals surface area (Å²) in [5.41, 5.74) is 0.810. The zero-order chi connectivity index (χ0) is 22.9. The van der Waals surface area contributed by atoms with Crippen molar-refractivity contribution >= 4 is 17.6 Å². The van der Waals surface area contributed by atoms with Crippen molar-refractivity contribution in [3.8, 4) is 17.2 Å². The minimum atomic E-state index is -0.597. The van der Waals surface area contributed by atoms with Gasteiger partial charge in [-0.2, -0.15) is 4.98 Å². The smallest absolute Gasteiger partial charge is 0.338 e. The second-order valence-electron chi connectivity index (χ2n) is 6.40. The van der Waals surface area contributed by atoms with Gasteiger partial charge in [0.2, 0.25) is 5.91 Å². The minimum absolute atomic E-state index is 0.0661. The van der Waals surface area contributed by atoms with Gasteiger partial charge in [-0.25, -0.2) is 4.79 Å². The largest absolute Gasteiger partial charge is 0.495 e. The minimum Gasteiger partial charge on any atom is -0.495 e. The molecule has 0 aliphatic rings. The summed E-state index contributed by atoms with van der Waals surface area (Å²) in [5, 5.41) is 6.47. The predicted octanol–water partition coefficient (Wildman–Crippen LogP) is 3.02. The first-order valence-electron chi connectivity index (χ1n) is 9.76. The van der Waals surface area contributed by atoms with Crippen molar-refractivity contribution in [2.75, 3.05) is 26.1 Å². The summed E-state index contributed by atoms with van der Waals surface area (Å²) in [5.74, 6) is 0.761. The van der Waals surface area contributed by atoms with E-state index < -0.39 is 5.97 Å². The van der Waals surface area contributed by atoms with Gasteiger partial charge in [0.05, 0.1) is 38.5 Å². The molecule has 0 spiro atoms. The Morgan fingerprint density at radius 3 is 2.56 bits per heavy atom. The number of rotatable bonds is 10. The Balaban J connectivity index is 1.55. The van der Waals surface area contributed by atoms with Crippen LogP contribution in [0.25, 0.3) is 0 Å². The Bertz CT molecular complexity index is 1080. The normalized spacial score (nSPS) is 10.3. The average Bonchev–Trinajstić information content (AvgIpc) is 3.25. The van der Waals surface area contributed by atoms with E-state index in [1.165, 1.54) is 20.3 Å². The lowest BCUT2D eigenvalue weighted by Gasteiger charge is -2.10. The van der Waals surface area contributed by atoms with E-state index in [1.54, 1.807) is 36.4 Å². The second-order valence-corrected chi connectivity index (χ2v) is 6.40. The van der Waals surface area contributed by atoms with E-state index in [4.69, 9.17) is 23.5 Å². The van der Waals surface area contributed by atoms with Crippen LogP contribution in [0.1, 0.15) is 29.0 Å². The van der Waals surface area contributed by atoms with Gasteiger partial charge in [0, 0.05) is 0 Å². The third-order valence-electron chi connectivity index (χ3n) is 4.24. The van der Waals surface area contributed by atoms with Gasteiger partial charge in [-0.05, 0) is 37.3 Å². The zero-order valence-electron chi connectivity index (χ0n) is 17.9. The van der Waals surface area contributed by atoms with Crippen LogP contribution < -0.4 is 19.5 Å². The van der Waals surface area contributed by atoms with Crippen LogP contribution in [0.3, 0.4) is 0 Å². The van der Waals surface area contributed by atoms with Crippen LogP contribution in [0.4, 0.5) is 5.69 Å². The maximum absolute atomic E-state index is 12.3. The third kappa shape index (κ3) is 5.75. The molecule has 0 unspecified atom stereocenters. The van der Waals surface area contributed by atoms with Crippen molar-refractivity contribution in [3.05, 3.63) is 59.7 Å². The van der Waals surface area contributed by atoms with Gasteiger partial charge in [-0.3, -0.25) is 4.79 Å². The number of amides is 1. The van der Waals surface area contributed by atoms with Crippen molar-refractivity contribution in [2.45, 2.75) is 20.0 Å². The van der Waals surface area contributed by atoms with Crippen molar-refractivity contribution < 1.29 is 33.1 Å². The molecule has 168 valence electrons. The Morgan fingerprint density at radius 2 is 1.81 bits per heavy atom. The number of aromatic nitrogens is 2. The molecule has 10 nitrogen and oxygen atoms in total. The summed E-state index contributed by atoms with van der Waals surface area (Å²) in [7, 11) is 3.00. The average molecular weight is 441 g/mol. The van der Waals surface area contributed by atoms with E-state index in [1.807, 2.05) is 6.92 Å². The number of benzene rings is 2. The molecule has 0 aliphatic carbocycles. The molecular weight excluding hydrogens is 418 g/mol. The number of carbonyl (C=O) groups is 2. The number of hydrogen-bond donors (Lipinski definition) is 1. The highest BCUT2D eigenvalue weighted by molar-refractivity contribution is 5.93. The van der Waals surface area contributed by atoms with Crippen LogP contribution >= 0.6 is 0 Å². The van der Waals surface area contributed by atoms with E-state index in [0.29, 0.717) is 29.5 Å². The first-order chi connectivity index (χ1) is 15.5. The van der Waals surface area contributed by atoms with Crippen LogP contribution in [-0.4, -0.2) is 42.8 Å². The molecule has 32 heavy (non-hydrogen) atoms. The van der Waals surface area contributed by atoms with Crippen molar-refractivity contribution in [2.24, 2.45) is 0 Å². The fourth-order valence-corrected chi connectivity index (χ4v) is 2.79. The van der Waals surface area contributed by atoms with Crippen molar-refractivity contribution in [3.63, 3.8) is 0 Å². The van der Waals surface area contributed by atoms with Crippen LogP contribution in [-0.2, 0) is 22.6 Å². The van der Waals surface area contributed by atoms with E-state index >= 15 is 0 Å². The highest BCUT2D eigenvalue weighted by atomic mass is 16.6. The molecule has 1 N–H and O–H groups in total. The summed E-state index contributed by atoms with van der Waals surface area (Å²) in [6.07, 6.45) is -0.119. The summed E-state index contributed by atoms with van der Waals surface area (Å²) in [4.78, 5) is 28.6. The van der Waals surface area contributed by atoms with Crippen LogP contribution in [0.2, 0.25) is 0 Å². The summed E-state index contributed by atoms with van der Waals surface area (Å²) >= 11 is 0. The Kier molecular flexibility index (Phi) is 7.63. The van der Waals surface area contributed by atoms with Gasteiger partial charge in [-0.1, -0.05) is 17.3 Å². The maximum atomic E-state index is 12.3. The van der Waals surface area contributed by atoms with Crippen molar-refractivity contribution in [1.29, 1.82) is 0 Å². The monoisotopic (exact) mass is 441 g/mol. The first-order valence-corrected chi connectivity index (χ1v) is 9.76. The number of carbonyl (C=O) groups excluding carboxylic acids is 2. The number of nitrogens with one attached hydrogen (secondary N) is 1. The standard InChI is InChI=1S/C22H23N3O7/c1-4-30-17-10-9-14(11-18(17)29-3)22(27)31-13-21-24-19(25-32-21)12-20(26)23-15-7-5-6-8-16(15)28-2/h5-11H,4,12-13H2,1-3H3,(H,23,26). The maximum Gasteiger partial charge on any atom is 0.338 e. The number of methoxy groups -OCH3 is 2. The molecule has 0 saturated carbocycles. The van der Waals surface area contributed by atoms with Crippen molar-refractivity contribution in [1.82, 2.24) is 10.1 Å². The second kappa shape index (κ2) is 10.8. The molecule has 1 amide bonds. The van der Waals surface area contributed by atoms with Gasteiger partial charge >= 0.3 is 5.97 Å². The van der Waals surface area contributed by atoms with E-state index in [-0.39, 0.29) is 36.2 Å². The van der Waals surface area contributed by atoms with E-state index in [0.717, 1.165) is 0 Å². The lowest BCUT2D eigenvalue weighted by molar-refractivity contribution is -0.115. The van der Waals surface area contributed by atoms with Gasteiger partial charge in [0.25, 0.3) is 5.89 Å². The van der Waals surface area contributed by atoms with Crippen LogP contribution in [0.15, 0.2) is 47.0 Å². The fraction of sp³-hybridized carbons (Fsp3) is 0.273. The van der Waals surface area contributed by atoms with E-state index in [9.17, 15) is 9.59 Å². The molecule has 1 heterocycles. The highest BCUT2D eigenvalue weighted by Gasteiger charge is 2.16. The molecule has 0 aliphatic heterocycles. The molecule has 0 saturated heterocycles. The van der Waals surface area contributed by atoms with E-state index in [2.05, 4.69) is 15.5 Å². The SMILES string of the molecule is CCOc1ccc(C(=O)OCc2nc(CC(=O)Nc3ccccc3OC)no2)cc1OC. The Morgan fingerprint density at radius 1 is 1.03 bits per heavy atom. The molecule has 1 aromatic heterocycles. The van der Waals surface area contributed by atoms with Gasteiger partial charge in [0.15, 0.2) is 23.9 Å². The van der Waals surface area contributed by atoms with Crippen LogP contribution in [0, 0.1) is 0 Å². The zero-order valence-corrected chi connectivity index (χ0v) is 17.9. The number of ether oxygens (including phenoxy) is 4. The number of esters is 1. The number of hydrogen-bond acceptors (Lipinski definition) is 9. The van der Waals surface area contributed by atoms with Gasteiger partial charge < -0.3 is 28.8 Å². The molecule has 0 atom stereocenters. The fourth-order valence-electron chi connectivity index (χ4n) is 2.79. The lowest BCUT2D eigenvalue weighted by Crippen LogP contribution is -2.15. The molecule has 0 bridgehead atoms. The Labute approximate surface area is 184 Å². The molecule has 3 rings (SSSR count). The molecular formula is C22H23N3O7. The van der Waals surface area contributed by atoms with Crippen LogP contribution in [0.5, 0.6) is 17.2 Å². The number of nitrogens with zero attached hydrogens (tertiary/aromatic N) is 2. The topological polar surface area (TPSA) is 122 Å². The van der Waals surface area contributed by atoms with Gasteiger partial charge in [-0.15, -0.1) is 0 Å². The number of para-hydroxylation sites is 2. The summed E-state index contributed by atoms with van der Waals surface area (Å²) in [6, 6.07) is 11.7. The number of anilines is 1. The molecule has 0 fully saturated rings. The lowest BCUT2D eigenvalue weighted by atomic mass is 10.2. The first kappa shape index (κ1) is 22.6. The third-order valence-corrected chi connectivity index (χ3v) is 4.24. The summed E-state index contributed by atoms with van der Waals surface area (Å²) in [6.45, 7) is 2.08. The highest BCUT2D eigenvalue weighted by Crippen LogP contribution is 2.28. The molecule has 3 aromatic rings. The summed E-state index contributed by atoms with van der Waals surface area (Å²) < 4.78 is 26.1. The molecule has 0 radical (unpaired) electrons. The molecule has 10 heteroatoms. The predicted molar refractivity (Wildman–Crippen MR) is 113 cm³/mol.